The van der Waals surface area contributed by atoms with Gasteiger partial charge in [0.05, 0.1) is 21.2 Å². The average Bonchev–Trinajstić information content (AvgIpc) is 2.79. The van der Waals surface area contributed by atoms with E-state index in [0.717, 1.165) is 0 Å². The van der Waals surface area contributed by atoms with Gasteiger partial charge < -0.3 is 4.74 Å². The SMILES string of the molecule is O=[N+]([O-])c1cccc(-c2cccc(Oc3cccc(-c4cccc([N+](=O)[O-])c4)n3)n2)c1. The highest BCUT2D eigenvalue weighted by Crippen LogP contribution is 2.27. The molecule has 4 rings (SSSR count). The van der Waals surface area contributed by atoms with Gasteiger partial charge in [0.15, 0.2) is 0 Å². The smallest absolute Gasteiger partial charge is 0.270 e. The number of benzene rings is 2. The minimum absolute atomic E-state index is 0.0306. The molecule has 0 aliphatic heterocycles. The van der Waals surface area contributed by atoms with Crippen molar-refractivity contribution in [2.24, 2.45) is 0 Å². The second kappa shape index (κ2) is 8.37. The van der Waals surface area contributed by atoms with E-state index in [1.54, 1.807) is 60.7 Å². The maximum Gasteiger partial charge on any atom is 0.270 e. The van der Waals surface area contributed by atoms with Crippen molar-refractivity contribution in [2.45, 2.75) is 0 Å². The van der Waals surface area contributed by atoms with Crippen molar-refractivity contribution in [1.82, 2.24) is 9.97 Å². The summed E-state index contributed by atoms with van der Waals surface area (Å²) in [5, 5.41) is 22.0. The van der Waals surface area contributed by atoms with E-state index in [1.807, 2.05) is 0 Å². The van der Waals surface area contributed by atoms with Gasteiger partial charge in [0.2, 0.25) is 11.8 Å². The number of pyridine rings is 2. The quantitative estimate of drug-likeness (QED) is 0.305. The molecule has 2 aromatic carbocycles. The number of hydrogen-bond donors (Lipinski definition) is 0. The normalized spacial score (nSPS) is 10.5. The van der Waals surface area contributed by atoms with Crippen LogP contribution in [0, 0.1) is 20.2 Å². The molecule has 9 nitrogen and oxygen atoms in total. The Hall–Kier alpha value is -4.66. The lowest BCUT2D eigenvalue weighted by atomic mass is 10.1. The fourth-order valence-corrected chi connectivity index (χ4v) is 2.93. The molecule has 152 valence electrons. The van der Waals surface area contributed by atoms with Crippen LogP contribution in [0.1, 0.15) is 0 Å². The number of hydrogen-bond acceptors (Lipinski definition) is 7. The van der Waals surface area contributed by atoms with E-state index in [2.05, 4.69) is 9.97 Å². The first-order valence-electron chi connectivity index (χ1n) is 9.11. The molecule has 4 aromatic rings. The molecule has 2 heterocycles. The first-order valence-corrected chi connectivity index (χ1v) is 9.11. The molecule has 0 saturated carbocycles. The summed E-state index contributed by atoms with van der Waals surface area (Å²) in [4.78, 5) is 29.9. The maximum atomic E-state index is 11.0. The Morgan fingerprint density at radius 2 is 1.03 bits per heavy atom. The van der Waals surface area contributed by atoms with Crippen LogP contribution in [0.15, 0.2) is 84.9 Å². The van der Waals surface area contributed by atoms with Crippen molar-refractivity contribution >= 4 is 11.4 Å². The lowest BCUT2D eigenvalue weighted by Crippen LogP contribution is -1.94. The zero-order chi connectivity index (χ0) is 21.8. The minimum Gasteiger partial charge on any atom is -0.421 e. The summed E-state index contributed by atoms with van der Waals surface area (Å²) in [5.74, 6) is 0.514. The van der Waals surface area contributed by atoms with Gasteiger partial charge in [-0.3, -0.25) is 20.2 Å². The monoisotopic (exact) mass is 414 g/mol. The summed E-state index contributed by atoms with van der Waals surface area (Å²) >= 11 is 0. The number of non-ortho nitro benzene ring substituents is 2. The predicted molar refractivity (Wildman–Crippen MR) is 113 cm³/mol. The summed E-state index contributed by atoms with van der Waals surface area (Å²) in [7, 11) is 0. The third kappa shape index (κ3) is 4.51. The summed E-state index contributed by atoms with van der Waals surface area (Å²) in [6.45, 7) is 0. The molecule has 0 bridgehead atoms. The Labute approximate surface area is 175 Å². The Morgan fingerprint density at radius 3 is 1.45 bits per heavy atom. The van der Waals surface area contributed by atoms with Crippen LogP contribution in [-0.4, -0.2) is 19.8 Å². The van der Waals surface area contributed by atoms with Crippen LogP contribution < -0.4 is 4.74 Å². The molecule has 0 unspecified atom stereocenters. The highest BCUT2D eigenvalue weighted by Gasteiger charge is 2.11. The van der Waals surface area contributed by atoms with Crippen molar-refractivity contribution in [3.05, 3.63) is 105 Å². The molecule has 0 aliphatic rings. The number of nitrogens with zero attached hydrogens (tertiary/aromatic N) is 4. The van der Waals surface area contributed by atoms with Crippen LogP contribution in [0.25, 0.3) is 22.5 Å². The molecule has 0 N–H and O–H groups in total. The number of aromatic nitrogens is 2. The molecule has 0 saturated heterocycles. The number of ether oxygens (including phenoxy) is 1. The summed E-state index contributed by atoms with van der Waals surface area (Å²) < 4.78 is 5.77. The van der Waals surface area contributed by atoms with Gasteiger partial charge in [-0.1, -0.05) is 36.4 Å². The Morgan fingerprint density at radius 1 is 0.613 bits per heavy atom. The summed E-state index contributed by atoms with van der Waals surface area (Å²) in [6.07, 6.45) is 0. The van der Waals surface area contributed by atoms with Crippen LogP contribution >= 0.6 is 0 Å². The lowest BCUT2D eigenvalue weighted by molar-refractivity contribution is -0.385. The molecule has 0 spiro atoms. The van der Waals surface area contributed by atoms with Crippen LogP contribution in [0.4, 0.5) is 11.4 Å². The van der Waals surface area contributed by atoms with Gasteiger partial charge in [0.1, 0.15) is 0 Å². The van der Waals surface area contributed by atoms with Crippen LogP contribution in [-0.2, 0) is 0 Å². The molecule has 0 aliphatic carbocycles. The largest absolute Gasteiger partial charge is 0.421 e. The number of nitro benzene ring substituents is 2. The van der Waals surface area contributed by atoms with Crippen molar-refractivity contribution in [3.8, 4) is 34.3 Å². The van der Waals surface area contributed by atoms with E-state index in [9.17, 15) is 20.2 Å². The molecule has 0 radical (unpaired) electrons. The van der Waals surface area contributed by atoms with E-state index in [0.29, 0.717) is 22.5 Å². The minimum atomic E-state index is -0.465. The Kier molecular flexibility index (Phi) is 5.31. The van der Waals surface area contributed by atoms with Gasteiger partial charge in [-0.15, -0.1) is 0 Å². The highest BCUT2D eigenvalue weighted by molar-refractivity contribution is 5.64. The molecule has 2 aromatic heterocycles. The van der Waals surface area contributed by atoms with Crippen molar-refractivity contribution in [1.29, 1.82) is 0 Å². The van der Waals surface area contributed by atoms with Gasteiger partial charge >= 0.3 is 0 Å². The predicted octanol–water partition coefficient (Wildman–Crippen LogP) is 5.42. The summed E-state index contributed by atoms with van der Waals surface area (Å²) in [6, 6.07) is 22.5. The van der Waals surface area contributed by atoms with Crippen molar-refractivity contribution in [3.63, 3.8) is 0 Å². The topological polar surface area (TPSA) is 121 Å². The number of nitro groups is 2. The molecular formula is C22H14N4O5. The first kappa shape index (κ1) is 19.6. The zero-order valence-electron chi connectivity index (χ0n) is 15.9. The molecular weight excluding hydrogens is 400 g/mol. The lowest BCUT2D eigenvalue weighted by Gasteiger charge is -2.08. The van der Waals surface area contributed by atoms with Gasteiger partial charge in [-0.25, -0.2) is 9.97 Å². The molecule has 0 atom stereocenters. The Bertz CT molecular complexity index is 1190. The van der Waals surface area contributed by atoms with E-state index in [4.69, 9.17) is 4.74 Å². The second-order valence-electron chi connectivity index (χ2n) is 6.44. The molecule has 0 fully saturated rings. The van der Waals surface area contributed by atoms with Gasteiger partial charge in [-0.05, 0) is 12.1 Å². The highest BCUT2D eigenvalue weighted by atomic mass is 16.6. The van der Waals surface area contributed by atoms with Crippen molar-refractivity contribution < 1.29 is 14.6 Å². The zero-order valence-corrected chi connectivity index (χ0v) is 15.9. The third-order valence-electron chi connectivity index (χ3n) is 4.36. The van der Waals surface area contributed by atoms with E-state index < -0.39 is 9.85 Å². The number of rotatable bonds is 6. The van der Waals surface area contributed by atoms with E-state index in [1.165, 1.54) is 24.3 Å². The average molecular weight is 414 g/mol. The van der Waals surface area contributed by atoms with Crippen LogP contribution in [0.5, 0.6) is 11.8 Å². The molecule has 31 heavy (non-hydrogen) atoms. The van der Waals surface area contributed by atoms with Crippen molar-refractivity contribution in [2.75, 3.05) is 0 Å². The first-order chi connectivity index (χ1) is 15.0. The fraction of sp³-hybridized carbons (Fsp3) is 0. The Balaban J connectivity index is 1.61. The van der Waals surface area contributed by atoms with Gasteiger partial charge in [0, 0.05) is 47.5 Å². The molecule has 9 heteroatoms. The van der Waals surface area contributed by atoms with Crippen LogP contribution in [0.3, 0.4) is 0 Å². The van der Waals surface area contributed by atoms with Crippen LogP contribution in [0.2, 0.25) is 0 Å². The van der Waals surface area contributed by atoms with Gasteiger partial charge in [0.25, 0.3) is 11.4 Å². The maximum absolute atomic E-state index is 11.0. The van der Waals surface area contributed by atoms with E-state index in [-0.39, 0.29) is 23.1 Å². The third-order valence-corrected chi connectivity index (χ3v) is 4.36. The second-order valence-corrected chi connectivity index (χ2v) is 6.44. The van der Waals surface area contributed by atoms with Gasteiger partial charge in [-0.2, -0.15) is 0 Å². The fourth-order valence-electron chi connectivity index (χ4n) is 2.93. The van der Waals surface area contributed by atoms with E-state index >= 15 is 0 Å². The summed E-state index contributed by atoms with van der Waals surface area (Å²) in [5.41, 5.74) is 2.12. The standard InChI is InChI=1S/C22H14N4O5/c27-25(28)17-7-1-5-15(13-17)19-9-3-11-21(23-19)31-22-12-4-10-20(24-22)16-6-2-8-18(14-16)26(29)30/h1-14H. The molecule has 0 amide bonds.